The molecule has 8 nitrogen and oxygen atoms in total. The van der Waals surface area contributed by atoms with E-state index in [-0.39, 0.29) is 36.9 Å². The van der Waals surface area contributed by atoms with Gasteiger partial charge in [0.2, 0.25) is 0 Å². The largest absolute Gasteiger partial charge is 0.466 e. The fourth-order valence-electron chi connectivity index (χ4n) is 2.93. The van der Waals surface area contributed by atoms with Crippen LogP contribution in [0.5, 0.6) is 0 Å². The second-order valence-electron chi connectivity index (χ2n) is 6.01. The molecule has 0 saturated carbocycles. The molecule has 3 rings (SSSR count). The molecule has 0 unspecified atom stereocenters. The lowest BCUT2D eigenvalue weighted by Gasteiger charge is -2.16. The first-order valence-electron chi connectivity index (χ1n) is 8.51. The van der Waals surface area contributed by atoms with Gasteiger partial charge in [-0.1, -0.05) is 0 Å². The Morgan fingerprint density at radius 1 is 1.38 bits per heavy atom. The monoisotopic (exact) mass is 358 g/mol. The van der Waals surface area contributed by atoms with E-state index in [4.69, 9.17) is 9.84 Å². The molecule has 1 aromatic rings. The Morgan fingerprint density at radius 2 is 2.15 bits per heavy atom. The molecule has 26 heavy (non-hydrogen) atoms. The third kappa shape index (κ3) is 3.70. The van der Waals surface area contributed by atoms with E-state index in [0.29, 0.717) is 5.69 Å². The maximum absolute atomic E-state index is 12.5. The van der Waals surface area contributed by atoms with Crippen LogP contribution in [0.1, 0.15) is 12.0 Å². The first kappa shape index (κ1) is 17.9. The van der Waals surface area contributed by atoms with Crippen LogP contribution >= 0.6 is 0 Å². The lowest BCUT2D eigenvalue weighted by molar-refractivity contribution is -0.136. The highest BCUT2D eigenvalue weighted by atomic mass is 16.5. The SMILES string of the molecule is COC(=O)C1=C(Nc2ccc(C3=NCCCN3)cc2)C(=O)N(CCO)C1. The maximum atomic E-state index is 12.5. The average Bonchev–Trinajstić information content (AvgIpc) is 2.99. The van der Waals surface area contributed by atoms with Crippen molar-refractivity contribution in [2.24, 2.45) is 4.99 Å². The molecule has 2 aliphatic rings. The molecule has 2 aliphatic heterocycles. The molecule has 0 fully saturated rings. The Kier molecular flexibility index (Phi) is 5.52. The Balaban J connectivity index is 1.79. The Morgan fingerprint density at radius 3 is 2.77 bits per heavy atom. The van der Waals surface area contributed by atoms with E-state index >= 15 is 0 Å². The number of anilines is 1. The molecule has 2 heterocycles. The number of hydrogen-bond donors (Lipinski definition) is 3. The normalized spacial score (nSPS) is 17.1. The van der Waals surface area contributed by atoms with Crippen LogP contribution in [-0.4, -0.2) is 67.6 Å². The molecule has 0 spiro atoms. The van der Waals surface area contributed by atoms with Crippen LogP contribution in [0, 0.1) is 0 Å². The molecule has 0 aromatic heterocycles. The Labute approximate surface area is 151 Å². The van der Waals surface area contributed by atoms with Gasteiger partial charge in [-0.25, -0.2) is 4.79 Å². The first-order valence-corrected chi connectivity index (χ1v) is 8.51. The molecule has 8 heteroatoms. The van der Waals surface area contributed by atoms with Gasteiger partial charge in [-0.2, -0.15) is 0 Å². The summed E-state index contributed by atoms with van der Waals surface area (Å²) in [6, 6.07) is 7.47. The number of amidine groups is 1. The summed E-state index contributed by atoms with van der Waals surface area (Å²) in [5.41, 5.74) is 2.09. The molecule has 138 valence electrons. The second kappa shape index (κ2) is 8.01. The van der Waals surface area contributed by atoms with Crippen LogP contribution in [0.2, 0.25) is 0 Å². The quantitative estimate of drug-likeness (QED) is 0.623. The number of benzene rings is 1. The summed E-state index contributed by atoms with van der Waals surface area (Å²) in [5.74, 6) is -0.0242. The Hall–Kier alpha value is -2.87. The Bertz CT molecular complexity index is 755. The molecule has 1 amide bonds. The number of methoxy groups -OCH3 is 1. The third-order valence-corrected chi connectivity index (χ3v) is 4.28. The lowest BCUT2D eigenvalue weighted by atomic mass is 10.1. The number of rotatable bonds is 6. The van der Waals surface area contributed by atoms with Gasteiger partial charge in [-0.15, -0.1) is 0 Å². The van der Waals surface area contributed by atoms with Crippen LogP contribution < -0.4 is 10.6 Å². The molecule has 0 bridgehead atoms. The van der Waals surface area contributed by atoms with Gasteiger partial charge in [0.1, 0.15) is 11.5 Å². The molecule has 0 saturated heterocycles. The van der Waals surface area contributed by atoms with Gasteiger partial charge < -0.3 is 25.4 Å². The van der Waals surface area contributed by atoms with Crippen LogP contribution in [0.4, 0.5) is 5.69 Å². The van der Waals surface area contributed by atoms with Gasteiger partial charge in [-0.3, -0.25) is 9.79 Å². The number of nitrogens with zero attached hydrogens (tertiary/aromatic N) is 2. The van der Waals surface area contributed by atoms with Gasteiger partial charge >= 0.3 is 5.97 Å². The van der Waals surface area contributed by atoms with E-state index in [0.717, 1.165) is 30.9 Å². The highest BCUT2D eigenvalue weighted by Gasteiger charge is 2.34. The number of aliphatic hydroxyl groups excluding tert-OH is 1. The smallest absolute Gasteiger partial charge is 0.337 e. The molecule has 0 atom stereocenters. The number of carbonyl (C=O) groups excluding carboxylic acids is 2. The number of hydrogen-bond acceptors (Lipinski definition) is 7. The molecule has 0 radical (unpaired) electrons. The van der Waals surface area contributed by atoms with Crippen LogP contribution in [-0.2, 0) is 14.3 Å². The van der Waals surface area contributed by atoms with Gasteiger partial charge in [-0.05, 0) is 30.7 Å². The number of aliphatic imine (C=N–C) groups is 1. The number of aliphatic hydroxyl groups is 1. The fraction of sp³-hybridized carbons (Fsp3) is 0.389. The average molecular weight is 358 g/mol. The van der Waals surface area contributed by atoms with Crippen molar-refractivity contribution in [2.45, 2.75) is 6.42 Å². The number of nitrogens with one attached hydrogen (secondary N) is 2. The van der Waals surface area contributed by atoms with E-state index in [1.54, 1.807) is 0 Å². The summed E-state index contributed by atoms with van der Waals surface area (Å²) in [7, 11) is 1.28. The highest BCUT2D eigenvalue weighted by Crippen LogP contribution is 2.23. The molecular weight excluding hydrogens is 336 g/mol. The molecule has 1 aromatic carbocycles. The fourth-order valence-corrected chi connectivity index (χ4v) is 2.93. The number of carbonyl (C=O) groups is 2. The van der Waals surface area contributed by atoms with Crippen molar-refractivity contribution in [2.75, 3.05) is 45.2 Å². The summed E-state index contributed by atoms with van der Waals surface area (Å²) < 4.78 is 4.77. The second-order valence-corrected chi connectivity index (χ2v) is 6.01. The van der Waals surface area contributed by atoms with Crippen molar-refractivity contribution < 1.29 is 19.4 Å². The van der Waals surface area contributed by atoms with Crippen LogP contribution in [0.25, 0.3) is 0 Å². The van der Waals surface area contributed by atoms with Gasteiger partial charge in [0.15, 0.2) is 0 Å². The summed E-state index contributed by atoms with van der Waals surface area (Å²) in [6.07, 6.45) is 1.03. The number of ether oxygens (including phenoxy) is 1. The lowest BCUT2D eigenvalue weighted by Crippen LogP contribution is -2.31. The zero-order valence-corrected chi connectivity index (χ0v) is 14.6. The maximum Gasteiger partial charge on any atom is 0.337 e. The topological polar surface area (TPSA) is 103 Å². The van der Waals surface area contributed by atoms with Crippen molar-refractivity contribution in [1.82, 2.24) is 10.2 Å². The summed E-state index contributed by atoms with van der Waals surface area (Å²) in [5, 5.41) is 15.4. The third-order valence-electron chi connectivity index (χ3n) is 4.28. The highest BCUT2D eigenvalue weighted by molar-refractivity contribution is 6.08. The predicted octanol–water partition coefficient (Wildman–Crippen LogP) is 0.100. The van der Waals surface area contributed by atoms with E-state index in [1.807, 2.05) is 24.3 Å². The zero-order valence-electron chi connectivity index (χ0n) is 14.6. The summed E-state index contributed by atoms with van der Waals surface area (Å²) in [4.78, 5) is 30.3. The van der Waals surface area contributed by atoms with Crippen molar-refractivity contribution in [3.63, 3.8) is 0 Å². The molecule has 0 aliphatic carbocycles. The van der Waals surface area contributed by atoms with E-state index in [1.165, 1.54) is 12.0 Å². The van der Waals surface area contributed by atoms with Crippen molar-refractivity contribution in [3.05, 3.63) is 41.1 Å². The predicted molar refractivity (Wildman–Crippen MR) is 96.8 cm³/mol. The zero-order chi connectivity index (χ0) is 18.5. The van der Waals surface area contributed by atoms with Gasteiger partial charge in [0.25, 0.3) is 5.91 Å². The molecular formula is C18H22N4O4. The first-order chi connectivity index (χ1) is 12.6. The van der Waals surface area contributed by atoms with Crippen molar-refractivity contribution >= 4 is 23.4 Å². The number of β-amino-alcohol motifs (C(OH)–C–C–N with tert-alkyl or cyclic N) is 1. The van der Waals surface area contributed by atoms with Crippen LogP contribution in [0.15, 0.2) is 40.5 Å². The molecule has 3 N–H and O–H groups in total. The van der Waals surface area contributed by atoms with E-state index in [2.05, 4.69) is 15.6 Å². The van der Waals surface area contributed by atoms with E-state index < -0.39 is 5.97 Å². The standard InChI is InChI=1S/C18H22N4O4/c1-26-18(25)14-11-22(9-10-23)17(24)15(14)21-13-5-3-12(4-6-13)16-19-7-2-8-20-16/h3-6,21,23H,2,7-11H2,1H3,(H,19,20). The van der Waals surface area contributed by atoms with Crippen molar-refractivity contribution in [3.8, 4) is 0 Å². The summed E-state index contributed by atoms with van der Waals surface area (Å²) in [6.45, 7) is 1.83. The summed E-state index contributed by atoms with van der Waals surface area (Å²) >= 11 is 0. The van der Waals surface area contributed by atoms with Gasteiger partial charge in [0, 0.05) is 30.9 Å². The minimum Gasteiger partial charge on any atom is -0.466 e. The number of amides is 1. The minimum absolute atomic E-state index is 0.118. The van der Waals surface area contributed by atoms with E-state index in [9.17, 15) is 9.59 Å². The minimum atomic E-state index is -0.557. The van der Waals surface area contributed by atoms with Crippen molar-refractivity contribution in [1.29, 1.82) is 0 Å². The van der Waals surface area contributed by atoms with Gasteiger partial charge in [0.05, 0.1) is 25.8 Å². The number of esters is 1. The van der Waals surface area contributed by atoms with Crippen LogP contribution in [0.3, 0.4) is 0 Å².